The first-order valence-corrected chi connectivity index (χ1v) is 9.86. The van der Waals surface area contributed by atoms with Crippen LogP contribution in [0.1, 0.15) is 24.5 Å². The van der Waals surface area contributed by atoms with Crippen molar-refractivity contribution in [2.45, 2.75) is 18.2 Å². The molecule has 2 aromatic carbocycles. The lowest BCUT2D eigenvalue weighted by Crippen LogP contribution is -2.51. The van der Waals surface area contributed by atoms with E-state index >= 15 is 0 Å². The first-order valence-electron chi connectivity index (χ1n) is 9.04. The summed E-state index contributed by atoms with van der Waals surface area (Å²) >= 11 is 1.29. The predicted molar refractivity (Wildman–Crippen MR) is 107 cm³/mol. The van der Waals surface area contributed by atoms with Crippen molar-refractivity contribution >= 4 is 28.4 Å². The van der Waals surface area contributed by atoms with Gasteiger partial charge in [0.15, 0.2) is 0 Å². The second-order valence-corrected chi connectivity index (χ2v) is 8.07. The quantitative estimate of drug-likeness (QED) is 0.825. The van der Waals surface area contributed by atoms with Crippen molar-refractivity contribution in [1.82, 2.24) is 5.01 Å². The highest BCUT2D eigenvalue weighted by molar-refractivity contribution is 8.15. The molecular formula is C20H20F2N4OS. The maximum absolute atomic E-state index is 14.4. The van der Waals surface area contributed by atoms with Gasteiger partial charge in [-0.1, -0.05) is 30.0 Å². The van der Waals surface area contributed by atoms with Crippen LogP contribution in [0.5, 0.6) is 0 Å². The second-order valence-electron chi connectivity index (χ2n) is 6.86. The van der Waals surface area contributed by atoms with E-state index in [2.05, 4.69) is 10.4 Å². The minimum atomic E-state index is -0.860. The molecular weight excluding hydrogens is 382 g/mol. The van der Waals surface area contributed by atoms with Crippen molar-refractivity contribution in [3.63, 3.8) is 0 Å². The average molecular weight is 402 g/mol. The topological polar surface area (TPSA) is 70.7 Å². The zero-order chi connectivity index (χ0) is 19.9. The molecule has 0 fully saturated rings. The number of hydrogen-bond acceptors (Lipinski definition) is 5. The van der Waals surface area contributed by atoms with Gasteiger partial charge in [-0.25, -0.2) is 13.8 Å². The second kappa shape index (κ2) is 7.18. The summed E-state index contributed by atoms with van der Waals surface area (Å²) in [7, 11) is 0. The Morgan fingerprint density at radius 3 is 2.89 bits per heavy atom. The number of hydrogen-bond donors (Lipinski definition) is 2. The number of hydrazone groups is 1. The number of halogens is 2. The molecule has 1 spiro atoms. The van der Waals surface area contributed by atoms with Crippen molar-refractivity contribution in [3.05, 3.63) is 65.2 Å². The van der Waals surface area contributed by atoms with Crippen molar-refractivity contribution in [2.75, 3.05) is 18.4 Å². The number of carbonyl (C=O) groups excluding carboxylic acids is 1. The Morgan fingerprint density at radius 2 is 2.14 bits per heavy atom. The Labute approximate surface area is 166 Å². The molecule has 2 aliphatic heterocycles. The molecule has 0 saturated heterocycles. The smallest absolute Gasteiger partial charge is 0.241 e. The fourth-order valence-electron chi connectivity index (χ4n) is 3.92. The van der Waals surface area contributed by atoms with E-state index in [9.17, 15) is 13.6 Å². The monoisotopic (exact) mass is 402 g/mol. The van der Waals surface area contributed by atoms with Gasteiger partial charge in [0.2, 0.25) is 5.91 Å². The third-order valence-corrected chi connectivity index (χ3v) is 6.67. The average Bonchev–Trinajstić information content (AvgIpc) is 3.08. The van der Waals surface area contributed by atoms with Gasteiger partial charge < -0.3 is 11.1 Å². The van der Waals surface area contributed by atoms with E-state index in [0.717, 1.165) is 29.4 Å². The maximum atomic E-state index is 14.4. The molecule has 2 unspecified atom stereocenters. The third-order valence-electron chi connectivity index (χ3n) is 5.14. The van der Waals surface area contributed by atoms with Gasteiger partial charge in [0, 0.05) is 36.2 Å². The van der Waals surface area contributed by atoms with Gasteiger partial charge >= 0.3 is 0 Å². The molecule has 146 valence electrons. The standard InChI is InChI=1S/C20H20F2N4OS/c1-12(27)26-20(28-19(25-26)15-10-14(21)6-7-17(15)22)13(8-9-23)11-24-18-5-3-2-4-16(18)20/h2-7,10,13,24H,8-9,11,23H2,1H3. The lowest BCUT2D eigenvalue weighted by atomic mass is 9.84. The summed E-state index contributed by atoms with van der Waals surface area (Å²) in [6, 6.07) is 10.9. The Balaban J connectivity index is 1.89. The van der Waals surface area contributed by atoms with Crippen LogP contribution in [0.4, 0.5) is 14.5 Å². The Kier molecular flexibility index (Phi) is 4.84. The highest BCUT2D eigenvalue weighted by Gasteiger charge is 2.55. The Bertz CT molecular complexity index is 967. The molecule has 0 aliphatic carbocycles. The van der Waals surface area contributed by atoms with Gasteiger partial charge in [0.1, 0.15) is 21.5 Å². The fraction of sp³-hybridized carbons (Fsp3) is 0.300. The first kappa shape index (κ1) is 18.9. The minimum absolute atomic E-state index is 0.0515. The molecule has 28 heavy (non-hydrogen) atoms. The summed E-state index contributed by atoms with van der Waals surface area (Å²) in [5.41, 5.74) is 7.68. The third kappa shape index (κ3) is 2.87. The Hall–Kier alpha value is -2.45. The van der Waals surface area contributed by atoms with Crippen molar-refractivity contribution in [2.24, 2.45) is 16.8 Å². The van der Waals surface area contributed by atoms with Gasteiger partial charge in [0.05, 0.1) is 0 Å². The summed E-state index contributed by atoms with van der Waals surface area (Å²) < 4.78 is 28.2. The van der Waals surface area contributed by atoms with Crippen LogP contribution < -0.4 is 11.1 Å². The van der Waals surface area contributed by atoms with E-state index in [1.54, 1.807) is 0 Å². The van der Waals surface area contributed by atoms with Crippen LogP contribution in [0.25, 0.3) is 0 Å². The van der Waals surface area contributed by atoms with E-state index in [4.69, 9.17) is 5.73 Å². The number of rotatable bonds is 3. The summed E-state index contributed by atoms with van der Waals surface area (Å²) in [6.45, 7) is 2.46. The Morgan fingerprint density at radius 1 is 1.36 bits per heavy atom. The number of nitrogens with one attached hydrogen (secondary N) is 1. The zero-order valence-electron chi connectivity index (χ0n) is 15.3. The van der Waals surface area contributed by atoms with Crippen molar-refractivity contribution < 1.29 is 13.6 Å². The van der Waals surface area contributed by atoms with Gasteiger partial charge in [-0.15, -0.1) is 0 Å². The molecule has 0 aromatic heterocycles. The number of anilines is 1. The van der Waals surface area contributed by atoms with E-state index in [1.807, 2.05) is 24.3 Å². The molecule has 2 atom stereocenters. The molecule has 2 aromatic rings. The fourth-order valence-corrected chi connectivity index (χ4v) is 5.51. The predicted octanol–water partition coefficient (Wildman–Crippen LogP) is 3.47. The van der Waals surface area contributed by atoms with Crippen LogP contribution in [0.15, 0.2) is 47.6 Å². The minimum Gasteiger partial charge on any atom is -0.384 e. The number of amides is 1. The first-order chi connectivity index (χ1) is 13.5. The van der Waals surface area contributed by atoms with Gasteiger partial charge in [-0.05, 0) is 37.2 Å². The highest BCUT2D eigenvalue weighted by atomic mass is 32.2. The number of benzene rings is 2. The lowest BCUT2D eigenvalue weighted by Gasteiger charge is -2.46. The van der Waals surface area contributed by atoms with Crippen LogP contribution in [0.2, 0.25) is 0 Å². The van der Waals surface area contributed by atoms with Crippen molar-refractivity contribution in [3.8, 4) is 0 Å². The largest absolute Gasteiger partial charge is 0.384 e. The molecule has 5 nitrogen and oxygen atoms in total. The molecule has 3 N–H and O–H groups in total. The summed E-state index contributed by atoms with van der Waals surface area (Å²) in [6.07, 6.45) is 0.645. The van der Waals surface area contributed by atoms with E-state index in [-0.39, 0.29) is 22.4 Å². The van der Waals surface area contributed by atoms with Gasteiger partial charge in [-0.3, -0.25) is 4.79 Å². The lowest BCUT2D eigenvalue weighted by molar-refractivity contribution is -0.133. The van der Waals surface area contributed by atoms with E-state index in [1.165, 1.54) is 23.7 Å². The number of nitrogens with zero attached hydrogens (tertiary/aromatic N) is 2. The molecule has 2 aliphatic rings. The number of thioether (sulfide) groups is 1. The number of para-hydroxylation sites is 1. The molecule has 0 radical (unpaired) electrons. The van der Waals surface area contributed by atoms with Crippen LogP contribution in [0.3, 0.4) is 0 Å². The molecule has 0 bridgehead atoms. The summed E-state index contributed by atoms with van der Waals surface area (Å²) in [4.78, 5) is 11.7. The molecule has 8 heteroatoms. The molecule has 0 saturated carbocycles. The van der Waals surface area contributed by atoms with Crippen molar-refractivity contribution in [1.29, 1.82) is 0 Å². The van der Waals surface area contributed by atoms with E-state index in [0.29, 0.717) is 19.5 Å². The van der Waals surface area contributed by atoms with Crippen LogP contribution in [-0.2, 0) is 9.67 Å². The van der Waals surface area contributed by atoms with Crippen LogP contribution in [0, 0.1) is 17.6 Å². The SMILES string of the molecule is CC(=O)N1N=C(c2cc(F)ccc2F)SC12c1ccccc1NCC2CCN. The number of carbonyl (C=O) groups is 1. The molecule has 4 rings (SSSR count). The highest BCUT2D eigenvalue weighted by Crippen LogP contribution is 2.56. The maximum Gasteiger partial charge on any atom is 0.241 e. The van der Waals surface area contributed by atoms with E-state index < -0.39 is 16.5 Å². The number of fused-ring (bicyclic) bond motifs is 2. The summed E-state index contributed by atoms with van der Waals surface area (Å²) in [5, 5.41) is 9.54. The number of nitrogens with two attached hydrogens (primary N) is 1. The molecule has 1 amide bonds. The van der Waals surface area contributed by atoms with Crippen LogP contribution >= 0.6 is 11.8 Å². The van der Waals surface area contributed by atoms with Gasteiger partial charge in [0.25, 0.3) is 0 Å². The summed E-state index contributed by atoms with van der Waals surface area (Å²) in [5.74, 6) is -1.46. The van der Waals surface area contributed by atoms with Crippen LogP contribution in [-0.4, -0.2) is 29.0 Å². The normalized spacial score (nSPS) is 23.4. The van der Waals surface area contributed by atoms with Gasteiger partial charge in [-0.2, -0.15) is 5.10 Å². The zero-order valence-corrected chi connectivity index (χ0v) is 16.1. The molecule has 2 heterocycles.